The fourth-order valence-electron chi connectivity index (χ4n) is 15.0. The van der Waals surface area contributed by atoms with E-state index in [0.29, 0.717) is 63.4 Å². The van der Waals surface area contributed by atoms with Gasteiger partial charge in [-0.25, -0.2) is 19.4 Å². The first-order valence-electron chi connectivity index (χ1n) is 29.5. The number of aromatic hydroxyl groups is 1. The summed E-state index contributed by atoms with van der Waals surface area (Å²) in [5.41, 5.74) is -1.42. The van der Waals surface area contributed by atoms with E-state index in [1.165, 1.54) is 0 Å². The Morgan fingerprint density at radius 3 is 2.15 bits per heavy atom. The number of nitrogens with zero attached hydrogens (tertiary/aromatic N) is 3. The van der Waals surface area contributed by atoms with Crippen molar-refractivity contribution in [1.29, 1.82) is 0 Å². The van der Waals surface area contributed by atoms with Gasteiger partial charge in [0.2, 0.25) is 0 Å². The van der Waals surface area contributed by atoms with Gasteiger partial charge in [0, 0.05) is 69.7 Å². The minimum Gasteiger partial charge on any atom is -0.508 e. The summed E-state index contributed by atoms with van der Waals surface area (Å²) in [6.07, 6.45) is -6.06. The van der Waals surface area contributed by atoms with Crippen LogP contribution in [0.4, 0.5) is 0 Å². The van der Waals surface area contributed by atoms with Gasteiger partial charge in [-0.1, -0.05) is 101 Å². The molecule has 1 saturated heterocycles. The number of hydrogen-bond donors (Lipinski definition) is 6. The second-order valence-electron chi connectivity index (χ2n) is 25.5. The average molecular weight is 1190 g/mol. The molecule has 1 amide bonds. The van der Waals surface area contributed by atoms with E-state index < -0.39 is 99.7 Å². The van der Waals surface area contributed by atoms with Crippen LogP contribution in [0.25, 0.3) is 22.3 Å². The predicted octanol–water partition coefficient (Wildman–Crippen LogP) is 6.99. The summed E-state index contributed by atoms with van der Waals surface area (Å²) < 4.78 is 25.3. The molecule has 4 aromatic carbocycles. The van der Waals surface area contributed by atoms with Crippen LogP contribution in [0.2, 0.25) is 0 Å². The number of amides is 1. The molecule has 2 saturated carbocycles. The zero-order chi connectivity index (χ0) is 62.4. The number of phenolic OH excluding ortho intramolecular Hbond substituents is 1. The Kier molecular flexibility index (Phi) is 15.6. The monoisotopic (exact) mass is 1190 g/mol. The molecule has 0 radical (unpaired) electrons. The van der Waals surface area contributed by atoms with Crippen molar-refractivity contribution >= 4 is 40.5 Å². The minimum atomic E-state index is -1.98. The number of benzene rings is 4. The van der Waals surface area contributed by atoms with E-state index in [2.05, 4.69) is 5.32 Å². The number of aliphatic hydroxyl groups is 4. The number of aliphatic hydroxyl groups excluding tert-OH is 2. The molecule has 12 atom stereocenters. The van der Waals surface area contributed by atoms with Crippen LogP contribution < -0.4 is 10.9 Å². The maximum Gasteiger partial charge on any atom is 0.343 e. The highest BCUT2D eigenvalue weighted by Crippen LogP contribution is 2.66. The first kappa shape index (κ1) is 60.8. The van der Waals surface area contributed by atoms with E-state index in [0.717, 1.165) is 16.5 Å². The number of ketones is 1. The van der Waals surface area contributed by atoms with Gasteiger partial charge in [-0.3, -0.25) is 14.4 Å². The Morgan fingerprint density at radius 2 is 1.53 bits per heavy atom. The van der Waals surface area contributed by atoms with Crippen LogP contribution in [-0.2, 0) is 58.6 Å². The van der Waals surface area contributed by atoms with Crippen molar-refractivity contribution in [3.8, 4) is 17.1 Å². The third-order valence-electron chi connectivity index (χ3n) is 19.9. The van der Waals surface area contributed by atoms with Gasteiger partial charge in [0.05, 0.1) is 64.8 Å². The highest BCUT2D eigenvalue weighted by Gasteiger charge is 2.75. The predicted molar refractivity (Wildman–Crippen MR) is 318 cm³/mol. The molecule has 3 fully saturated rings. The van der Waals surface area contributed by atoms with Crippen LogP contribution in [0.5, 0.6) is 5.75 Å². The smallest absolute Gasteiger partial charge is 0.343 e. The second-order valence-corrected chi connectivity index (χ2v) is 25.5. The van der Waals surface area contributed by atoms with Crippen molar-refractivity contribution < 1.29 is 68.5 Å². The molecule has 3 aliphatic carbocycles. The van der Waals surface area contributed by atoms with Crippen LogP contribution in [-0.4, -0.2) is 126 Å². The molecule has 6 N–H and O–H groups in total. The zero-order valence-electron chi connectivity index (χ0n) is 50.2. The van der Waals surface area contributed by atoms with Gasteiger partial charge in [-0.15, -0.1) is 0 Å². The number of esters is 3. The Labute approximate surface area is 503 Å². The van der Waals surface area contributed by atoms with Crippen molar-refractivity contribution in [2.24, 2.45) is 28.1 Å². The lowest BCUT2D eigenvalue weighted by atomic mass is 9.41. The highest BCUT2D eigenvalue weighted by atomic mass is 16.6. The first-order valence-corrected chi connectivity index (χ1v) is 29.5. The molecule has 6 aromatic rings. The van der Waals surface area contributed by atoms with Crippen molar-refractivity contribution in [2.75, 3.05) is 20.7 Å². The number of fused-ring (bicyclic) bond motifs is 10. The minimum absolute atomic E-state index is 0.104. The summed E-state index contributed by atoms with van der Waals surface area (Å²) in [5.74, 6) is -4.90. The summed E-state index contributed by atoms with van der Waals surface area (Å²) in [6, 6.07) is 31.2. The van der Waals surface area contributed by atoms with E-state index in [9.17, 15) is 49.5 Å². The number of phenols is 1. The van der Waals surface area contributed by atoms with Crippen LogP contribution in [0.15, 0.2) is 131 Å². The van der Waals surface area contributed by atoms with E-state index in [4.69, 9.17) is 23.9 Å². The SMILES string of the molecule is CC1=C2[C@@H](C)C(=O)[C@@]3(C)[C@H]([C@H](OC(=O)c4ccccc4)[C@](O)(C[C@@H]1OC(=O)[C@H](O)[C@@H](NC(=O)c1ccccc1)c1ccccc1)C2(C)C)[C@]1(C)CO[C@@H]1C[C@@H]3O.CC[C@@]1(O)C(=O)OCc2c1cc1n(c2=O)Cc2cc3c(CN(C)C)c(O)ccc3nc2-1. The van der Waals surface area contributed by atoms with Crippen molar-refractivity contribution in [3.63, 3.8) is 0 Å². The van der Waals surface area contributed by atoms with Crippen LogP contribution in [0.1, 0.15) is 122 Å². The molecule has 0 unspecified atom stereocenters. The van der Waals surface area contributed by atoms with Crippen LogP contribution in [0.3, 0.4) is 0 Å². The lowest BCUT2D eigenvalue weighted by Crippen LogP contribution is -2.77. The number of ether oxygens (including phenoxy) is 4. The fourth-order valence-corrected chi connectivity index (χ4v) is 15.0. The summed E-state index contributed by atoms with van der Waals surface area (Å²) >= 11 is 0. The van der Waals surface area contributed by atoms with Gasteiger partial charge < -0.3 is 59.3 Å². The van der Waals surface area contributed by atoms with Gasteiger partial charge >= 0.3 is 17.9 Å². The molecular formula is C68H74N4O15. The van der Waals surface area contributed by atoms with Gasteiger partial charge in [0.25, 0.3) is 11.5 Å². The van der Waals surface area contributed by atoms with E-state index in [-0.39, 0.29) is 55.1 Å². The molecule has 3 aliphatic heterocycles. The van der Waals surface area contributed by atoms with Gasteiger partial charge in [-0.2, -0.15) is 0 Å². The standard InChI is InChI=1S/C45H51NO10.C23H23N3O5/c1-25-30(55-41(52)35(48)34(27-16-10-7-11-17-27)46-39(50)28-18-12-8-13-19-28)23-45(53)38(56-40(51)29-20-14-9-15-21-29)36-43(5)24-54-32(43)22-31(47)44(36,6)37(49)26(2)33(25)42(45,3)4;1-4-23(30)16-8-18-20-12(9-26(18)21(28)15(16)11-31-22(23)29)7-13-14(10-25(2)3)19(27)6-5-17(13)24-20/h7-21,26,30-32,34-36,38,47-48,53H,22-24H2,1-6H3,(H,46,50);5-8,27,30H,4,9-11H2,1-3H3/t26-,30+,31+,32-,34+,35-,36-,38+,43-,44-,45-;23-/m10/s1. The lowest BCUT2D eigenvalue weighted by Gasteiger charge is -2.68. The number of Topliss-reactive ketones (excluding diaryl/α,β-unsaturated/α-hetero) is 1. The number of carbonyl (C=O) groups excluding carboxylic acids is 5. The molecule has 19 heteroatoms. The Balaban J connectivity index is 0.000000212. The van der Waals surface area contributed by atoms with Gasteiger partial charge in [-0.05, 0) is 99.6 Å². The Morgan fingerprint density at radius 1 is 0.885 bits per heavy atom. The van der Waals surface area contributed by atoms with Crippen LogP contribution >= 0.6 is 0 Å². The largest absolute Gasteiger partial charge is 0.508 e. The van der Waals surface area contributed by atoms with Crippen LogP contribution in [0, 0.1) is 28.1 Å². The lowest BCUT2D eigenvalue weighted by molar-refractivity contribution is -0.312. The average Bonchev–Trinajstić information content (AvgIpc) is 1.04. The third kappa shape index (κ3) is 9.77. The van der Waals surface area contributed by atoms with Gasteiger partial charge in [0.15, 0.2) is 11.7 Å². The maximum atomic E-state index is 15.1. The summed E-state index contributed by atoms with van der Waals surface area (Å²) in [5, 5.41) is 62.0. The third-order valence-corrected chi connectivity index (χ3v) is 19.9. The zero-order valence-corrected chi connectivity index (χ0v) is 50.2. The fraction of sp³-hybridized carbons (Fsp3) is 0.426. The first-order chi connectivity index (χ1) is 41.2. The van der Waals surface area contributed by atoms with Crippen molar-refractivity contribution in [1.82, 2.24) is 19.8 Å². The normalized spacial score (nSPS) is 28.9. The molecule has 87 heavy (non-hydrogen) atoms. The van der Waals surface area contributed by atoms with Crippen molar-refractivity contribution in [2.45, 2.75) is 135 Å². The quantitative estimate of drug-likeness (QED) is 0.0432. The topological polar surface area (TPSA) is 274 Å². The van der Waals surface area contributed by atoms with E-state index in [1.54, 1.807) is 155 Å². The molecule has 12 rings (SSSR count). The highest BCUT2D eigenvalue weighted by molar-refractivity contribution is 5.95. The number of rotatable bonds is 11. The summed E-state index contributed by atoms with van der Waals surface area (Å²) in [4.78, 5) is 88.9. The number of carbonyl (C=O) groups is 5. The van der Waals surface area contributed by atoms with Gasteiger partial charge in [0.1, 0.15) is 35.9 Å². The number of cyclic esters (lactones) is 1. The second kappa shape index (κ2) is 22.4. The summed E-state index contributed by atoms with van der Waals surface area (Å²) in [7, 11) is 3.86. The molecular weight excluding hydrogens is 1110 g/mol. The Hall–Kier alpha value is -7.91. The Bertz CT molecular complexity index is 3850. The molecule has 2 bridgehead atoms. The maximum absolute atomic E-state index is 15.1. The van der Waals surface area contributed by atoms with Crippen molar-refractivity contribution in [3.05, 3.63) is 176 Å². The number of nitrogens with one attached hydrogen (secondary N) is 1. The van der Waals surface area contributed by atoms with E-state index in [1.807, 2.05) is 32.0 Å². The molecule has 19 nitrogen and oxygen atoms in total. The molecule has 456 valence electrons. The number of aromatic nitrogens is 2. The molecule has 6 aliphatic rings. The number of pyridine rings is 2. The summed E-state index contributed by atoms with van der Waals surface area (Å²) in [6.45, 7) is 13.3. The number of hydrogen-bond acceptors (Lipinski definition) is 17. The van der Waals surface area contributed by atoms with E-state index >= 15 is 4.79 Å². The molecule has 5 heterocycles. The molecule has 2 aromatic heterocycles. The molecule has 0 spiro atoms.